The van der Waals surface area contributed by atoms with Gasteiger partial charge in [0.15, 0.2) is 5.78 Å². The highest BCUT2D eigenvalue weighted by molar-refractivity contribution is 5.96. The van der Waals surface area contributed by atoms with E-state index in [2.05, 4.69) is 18.2 Å². The van der Waals surface area contributed by atoms with Crippen molar-refractivity contribution in [3.8, 4) is 0 Å². The van der Waals surface area contributed by atoms with Crippen LogP contribution in [0.1, 0.15) is 46.7 Å². The third-order valence-electron chi connectivity index (χ3n) is 3.37. The average Bonchev–Trinajstić information content (AvgIpc) is 2.77. The van der Waals surface area contributed by atoms with Crippen molar-refractivity contribution >= 4 is 5.78 Å². The number of benzene rings is 1. The van der Waals surface area contributed by atoms with Crippen molar-refractivity contribution in [1.29, 1.82) is 0 Å². The molecule has 1 aromatic carbocycles. The first-order chi connectivity index (χ1) is 6.77. The Morgan fingerprint density at radius 2 is 2.07 bits per heavy atom. The summed E-state index contributed by atoms with van der Waals surface area (Å²) >= 11 is 0. The van der Waals surface area contributed by atoms with Gasteiger partial charge in [0.05, 0.1) is 0 Å². The monoisotopic (exact) mass is 184 g/mol. The Morgan fingerprint density at radius 3 is 2.86 bits per heavy atom. The van der Waals surface area contributed by atoms with Crippen LogP contribution in [0.15, 0.2) is 30.4 Å². The van der Waals surface area contributed by atoms with Gasteiger partial charge in [0, 0.05) is 17.4 Å². The summed E-state index contributed by atoms with van der Waals surface area (Å²) in [6.07, 6.45) is 5.70. The Balaban J connectivity index is 2.25. The summed E-state index contributed by atoms with van der Waals surface area (Å²) in [5.41, 5.74) is 3.61. The third kappa shape index (κ3) is 0.872. The van der Waals surface area contributed by atoms with Crippen LogP contribution >= 0.6 is 0 Å². The molecule has 0 N–H and O–H groups in total. The first kappa shape index (κ1) is 7.98. The highest BCUT2D eigenvalue weighted by atomic mass is 16.1. The maximum Gasteiger partial charge on any atom is 0.160 e. The van der Waals surface area contributed by atoms with Crippen LogP contribution in [-0.4, -0.2) is 5.78 Å². The molecule has 3 rings (SSSR count). The lowest BCUT2D eigenvalue weighted by Gasteiger charge is -2.13. The number of ketones is 1. The number of carbonyl (C=O) groups is 1. The van der Waals surface area contributed by atoms with Crippen LogP contribution in [0.25, 0.3) is 0 Å². The van der Waals surface area contributed by atoms with E-state index in [1.807, 2.05) is 12.1 Å². The molecule has 0 spiro atoms. The molecule has 2 bridgehead atoms. The highest BCUT2D eigenvalue weighted by Gasteiger charge is 2.34. The van der Waals surface area contributed by atoms with Crippen molar-refractivity contribution in [3.05, 3.63) is 47.0 Å². The Bertz CT molecular complexity index is 443. The van der Waals surface area contributed by atoms with Crippen LogP contribution in [0, 0.1) is 0 Å². The van der Waals surface area contributed by atoms with Crippen LogP contribution in [0.5, 0.6) is 0 Å². The molecule has 0 aromatic heterocycles. The topological polar surface area (TPSA) is 17.1 Å². The van der Waals surface area contributed by atoms with E-state index in [1.54, 1.807) is 6.92 Å². The van der Waals surface area contributed by atoms with E-state index in [9.17, 15) is 4.79 Å². The van der Waals surface area contributed by atoms with E-state index in [4.69, 9.17) is 0 Å². The zero-order valence-electron chi connectivity index (χ0n) is 8.16. The minimum atomic E-state index is 0.197. The molecule has 2 unspecified atom stereocenters. The number of allylic oxidation sites excluding steroid dienone is 2. The molecule has 1 nitrogen and oxygen atoms in total. The van der Waals surface area contributed by atoms with Crippen LogP contribution in [0.4, 0.5) is 0 Å². The fraction of sp³-hybridized carbons (Fsp3) is 0.308. The van der Waals surface area contributed by atoms with Crippen molar-refractivity contribution < 1.29 is 4.79 Å². The lowest BCUT2D eigenvalue weighted by Crippen LogP contribution is -2.03. The fourth-order valence-electron chi connectivity index (χ4n) is 2.77. The number of hydrogen-bond donors (Lipinski definition) is 0. The van der Waals surface area contributed by atoms with Gasteiger partial charge in [-0.2, -0.15) is 0 Å². The Labute approximate surface area is 83.4 Å². The van der Waals surface area contributed by atoms with Crippen LogP contribution in [-0.2, 0) is 0 Å². The molecule has 14 heavy (non-hydrogen) atoms. The van der Waals surface area contributed by atoms with E-state index in [0.29, 0.717) is 11.8 Å². The van der Waals surface area contributed by atoms with Gasteiger partial charge in [-0.25, -0.2) is 0 Å². The first-order valence-corrected chi connectivity index (χ1v) is 5.09. The lowest BCUT2D eigenvalue weighted by molar-refractivity contribution is 0.101. The number of hydrogen-bond acceptors (Lipinski definition) is 1. The summed E-state index contributed by atoms with van der Waals surface area (Å²) in [4.78, 5) is 11.5. The van der Waals surface area contributed by atoms with Gasteiger partial charge in [-0.1, -0.05) is 30.4 Å². The summed E-state index contributed by atoms with van der Waals surface area (Å²) in [7, 11) is 0. The summed E-state index contributed by atoms with van der Waals surface area (Å²) in [5, 5.41) is 0. The van der Waals surface area contributed by atoms with Gasteiger partial charge in [-0.05, 0) is 24.5 Å². The van der Waals surface area contributed by atoms with Gasteiger partial charge >= 0.3 is 0 Å². The molecule has 0 fully saturated rings. The zero-order chi connectivity index (χ0) is 9.71. The molecule has 2 aliphatic carbocycles. The molecule has 0 saturated heterocycles. The van der Waals surface area contributed by atoms with E-state index in [1.165, 1.54) is 17.5 Å². The number of Topliss-reactive ketones (excluding diaryl/α,β-unsaturated/α-hetero) is 1. The molecule has 0 amide bonds. The standard InChI is InChI=1S/C13H12O/c1-8(14)11-3-2-4-12-9-5-6-10(7-9)13(11)12/h2-6,9-10H,7H2,1H3. The van der Waals surface area contributed by atoms with Crippen molar-refractivity contribution in [3.63, 3.8) is 0 Å². The third-order valence-corrected chi connectivity index (χ3v) is 3.37. The smallest absolute Gasteiger partial charge is 0.160 e. The van der Waals surface area contributed by atoms with Crippen molar-refractivity contribution in [1.82, 2.24) is 0 Å². The van der Waals surface area contributed by atoms with Crippen molar-refractivity contribution in [2.75, 3.05) is 0 Å². The van der Waals surface area contributed by atoms with Crippen LogP contribution in [0.2, 0.25) is 0 Å². The molecular weight excluding hydrogens is 172 g/mol. The lowest BCUT2D eigenvalue weighted by atomic mass is 9.91. The average molecular weight is 184 g/mol. The van der Waals surface area contributed by atoms with Crippen LogP contribution < -0.4 is 0 Å². The largest absolute Gasteiger partial charge is 0.295 e. The molecule has 1 heteroatoms. The van der Waals surface area contributed by atoms with E-state index < -0.39 is 0 Å². The highest BCUT2D eigenvalue weighted by Crippen LogP contribution is 2.49. The molecule has 0 aliphatic heterocycles. The van der Waals surface area contributed by atoms with Gasteiger partial charge in [0.2, 0.25) is 0 Å². The summed E-state index contributed by atoms with van der Waals surface area (Å²) in [5.74, 6) is 1.28. The number of rotatable bonds is 1. The number of fused-ring (bicyclic) bond motifs is 5. The van der Waals surface area contributed by atoms with Crippen molar-refractivity contribution in [2.45, 2.75) is 25.2 Å². The van der Waals surface area contributed by atoms with Crippen LogP contribution in [0.3, 0.4) is 0 Å². The molecule has 0 saturated carbocycles. The predicted octanol–water partition coefficient (Wildman–Crippen LogP) is 3.03. The van der Waals surface area contributed by atoms with Crippen molar-refractivity contribution in [2.24, 2.45) is 0 Å². The van der Waals surface area contributed by atoms with Gasteiger partial charge in [-0.15, -0.1) is 0 Å². The zero-order valence-corrected chi connectivity index (χ0v) is 8.16. The molecule has 70 valence electrons. The van der Waals surface area contributed by atoms with Gasteiger partial charge in [0.25, 0.3) is 0 Å². The molecule has 0 heterocycles. The summed E-state index contributed by atoms with van der Waals surface area (Å²) in [6, 6.07) is 6.12. The fourth-order valence-corrected chi connectivity index (χ4v) is 2.77. The number of carbonyl (C=O) groups excluding carboxylic acids is 1. The Morgan fingerprint density at radius 1 is 1.29 bits per heavy atom. The predicted molar refractivity (Wildman–Crippen MR) is 55.7 cm³/mol. The summed E-state index contributed by atoms with van der Waals surface area (Å²) in [6.45, 7) is 1.66. The molecule has 0 radical (unpaired) electrons. The quantitative estimate of drug-likeness (QED) is 0.484. The van der Waals surface area contributed by atoms with Gasteiger partial charge in [0.1, 0.15) is 0 Å². The normalized spacial score (nSPS) is 26.6. The molecule has 2 aliphatic rings. The van der Waals surface area contributed by atoms with E-state index in [0.717, 1.165) is 5.56 Å². The second kappa shape index (κ2) is 2.57. The molecule has 2 atom stereocenters. The SMILES string of the molecule is CC(=O)c1cccc2c1C1C=CC2C1. The van der Waals surface area contributed by atoms with Gasteiger partial charge in [-0.3, -0.25) is 4.79 Å². The Hall–Kier alpha value is -1.37. The Kier molecular flexibility index (Phi) is 1.46. The maximum absolute atomic E-state index is 11.5. The second-order valence-electron chi connectivity index (χ2n) is 4.20. The maximum atomic E-state index is 11.5. The molecular formula is C13H12O. The first-order valence-electron chi connectivity index (χ1n) is 5.09. The summed E-state index contributed by atoms with van der Waals surface area (Å²) < 4.78 is 0. The second-order valence-corrected chi connectivity index (χ2v) is 4.20. The van der Waals surface area contributed by atoms with E-state index >= 15 is 0 Å². The van der Waals surface area contributed by atoms with Gasteiger partial charge < -0.3 is 0 Å². The molecule has 1 aromatic rings. The minimum Gasteiger partial charge on any atom is -0.295 e. The van der Waals surface area contributed by atoms with E-state index in [-0.39, 0.29) is 5.78 Å². The minimum absolute atomic E-state index is 0.197.